The van der Waals surface area contributed by atoms with Gasteiger partial charge in [-0.05, 0) is 24.4 Å². The summed E-state index contributed by atoms with van der Waals surface area (Å²) in [5, 5.41) is 0.369. The van der Waals surface area contributed by atoms with Crippen LogP contribution < -0.4 is 0 Å². The summed E-state index contributed by atoms with van der Waals surface area (Å²) in [6.07, 6.45) is 3.02. The van der Waals surface area contributed by atoms with E-state index in [2.05, 4.69) is 9.97 Å². The average molecular weight is 235 g/mol. The zero-order valence-electron chi connectivity index (χ0n) is 7.53. The van der Waals surface area contributed by atoms with Gasteiger partial charge in [0.1, 0.15) is 9.84 Å². The summed E-state index contributed by atoms with van der Waals surface area (Å²) in [6, 6.07) is 0. The van der Waals surface area contributed by atoms with E-state index in [1.807, 2.05) is 0 Å². The monoisotopic (exact) mass is 234 g/mol. The number of sulfone groups is 1. The third kappa shape index (κ3) is 2.09. The molecule has 0 spiro atoms. The normalized spacial score (nSPS) is 22.4. The first-order valence-electron chi connectivity index (χ1n) is 4.48. The van der Waals surface area contributed by atoms with Gasteiger partial charge in [-0.15, -0.1) is 0 Å². The summed E-state index contributed by atoms with van der Waals surface area (Å²) < 4.78 is 22.4. The quantitative estimate of drug-likeness (QED) is 0.798. The summed E-state index contributed by atoms with van der Waals surface area (Å²) in [6.45, 7) is 0. The van der Waals surface area contributed by atoms with Gasteiger partial charge in [-0.1, -0.05) is 0 Å². The van der Waals surface area contributed by atoms with E-state index >= 15 is 0 Å². The first-order chi connectivity index (χ1) is 6.57. The Balaban J connectivity index is 2.09. The molecule has 1 N–H and O–H groups in total. The predicted molar refractivity (Wildman–Crippen MR) is 54.2 cm³/mol. The Hall–Kier alpha value is -0.550. The second-order valence-electron chi connectivity index (χ2n) is 3.56. The summed E-state index contributed by atoms with van der Waals surface area (Å²) in [5.41, 5.74) is 0.949. The highest BCUT2D eigenvalue weighted by molar-refractivity contribution is 7.91. The molecular formula is C8H11ClN2O2S. The summed E-state index contributed by atoms with van der Waals surface area (Å²) in [5.74, 6) is 0.807. The molecule has 0 saturated carbocycles. The minimum absolute atomic E-state index is 0.263. The fourth-order valence-corrected chi connectivity index (χ4v) is 3.37. The Bertz CT molecular complexity index is 412. The van der Waals surface area contributed by atoms with E-state index in [0.29, 0.717) is 18.1 Å². The average Bonchev–Trinajstić information content (AvgIpc) is 2.52. The van der Waals surface area contributed by atoms with Crippen LogP contribution in [0.5, 0.6) is 0 Å². The van der Waals surface area contributed by atoms with Crippen LogP contribution in [-0.4, -0.2) is 29.9 Å². The van der Waals surface area contributed by atoms with Crippen molar-refractivity contribution >= 4 is 21.4 Å². The molecule has 1 saturated heterocycles. The highest BCUT2D eigenvalue weighted by atomic mass is 35.5. The van der Waals surface area contributed by atoms with Crippen LogP contribution in [0.25, 0.3) is 0 Å². The van der Waals surface area contributed by atoms with E-state index in [4.69, 9.17) is 11.6 Å². The summed E-state index contributed by atoms with van der Waals surface area (Å²) in [4.78, 5) is 6.82. The molecule has 0 atom stereocenters. The van der Waals surface area contributed by atoms with Crippen molar-refractivity contribution in [2.45, 2.75) is 18.8 Å². The molecule has 14 heavy (non-hydrogen) atoms. The van der Waals surface area contributed by atoms with Crippen LogP contribution >= 0.6 is 11.6 Å². The van der Waals surface area contributed by atoms with Crippen molar-refractivity contribution < 1.29 is 8.42 Å². The third-order valence-corrected chi connectivity index (χ3v) is 4.47. The van der Waals surface area contributed by atoms with Crippen LogP contribution in [0.2, 0.25) is 5.28 Å². The van der Waals surface area contributed by atoms with Crippen molar-refractivity contribution in [3.05, 3.63) is 17.2 Å². The zero-order valence-corrected chi connectivity index (χ0v) is 9.11. The van der Waals surface area contributed by atoms with Crippen LogP contribution in [0.15, 0.2) is 6.20 Å². The van der Waals surface area contributed by atoms with Crippen molar-refractivity contribution in [3.8, 4) is 0 Å². The number of H-pyrrole nitrogens is 1. The van der Waals surface area contributed by atoms with Crippen LogP contribution in [0.1, 0.15) is 24.5 Å². The molecule has 0 aliphatic carbocycles. The molecule has 0 bridgehead atoms. The maximum absolute atomic E-state index is 11.2. The Kier molecular flexibility index (Phi) is 2.53. The maximum atomic E-state index is 11.2. The zero-order chi connectivity index (χ0) is 10.2. The Morgan fingerprint density at radius 1 is 1.43 bits per heavy atom. The first kappa shape index (κ1) is 9.98. The fourth-order valence-electron chi connectivity index (χ4n) is 1.72. The predicted octanol–water partition coefficient (Wildman–Crippen LogP) is 1.36. The molecule has 1 aromatic heterocycles. The van der Waals surface area contributed by atoms with Crippen LogP contribution in [0.3, 0.4) is 0 Å². The van der Waals surface area contributed by atoms with Gasteiger partial charge in [0.15, 0.2) is 5.28 Å². The van der Waals surface area contributed by atoms with Crippen LogP contribution in [0.4, 0.5) is 0 Å². The van der Waals surface area contributed by atoms with Crippen molar-refractivity contribution in [1.82, 2.24) is 9.97 Å². The minimum Gasteiger partial charge on any atom is -0.332 e. The molecule has 6 heteroatoms. The van der Waals surface area contributed by atoms with Gasteiger partial charge in [0, 0.05) is 17.8 Å². The number of imidazole rings is 1. The molecule has 1 aliphatic rings. The number of nitrogens with zero attached hydrogens (tertiary/aromatic N) is 1. The van der Waals surface area contributed by atoms with Gasteiger partial charge < -0.3 is 4.98 Å². The molecule has 2 rings (SSSR count). The lowest BCUT2D eigenvalue weighted by atomic mass is 10.00. The van der Waals surface area contributed by atoms with Gasteiger partial charge in [-0.25, -0.2) is 13.4 Å². The van der Waals surface area contributed by atoms with E-state index < -0.39 is 9.84 Å². The number of rotatable bonds is 1. The lowest BCUT2D eigenvalue weighted by Crippen LogP contribution is -2.22. The number of hydrogen-bond donors (Lipinski definition) is 1. The standard InChI is InChI=1S/C8H11ClN2O2S/c9-8-10-5-7(11-8)6-1-3-14(12,13)4-2-6/h5-6H,1-4H2,(H,10,11). The van der Waals surface area contributed by atoms with E-state index in [-0.39, 0.29) is 17.4 Å². The van der Waals surface area contributed by atoms with Gasteiger partial charge in [-0.2, -0.15) is 0 Å². The maximum Gasteiger partial charge on any atom is 0.200 e. The Morgan fingerprint density at radius 3 is 2.57 bits per heavy atom. The Morgan fingerprint density at radius 2 is 2.07 bits per heavy atom. The molecule has 1 aliphatic heterocycles. The van der Waals surface area contributed by atoms with Gasteiger partial charge in [-0.3, -0.25) is 0 Å². The molecule has 2 heterocycles. The summed E-state index contributed by atoms with van der Waals surface area (Å²) >= 11 is 5.65. The number of nitrogens with one attached hydrogen (secondary N) is 1. The molecule has 0 unspecified atom stereocenters. The molecule has 78 valence electrons. The lowest BCUT2D eigenvalue weighted by Gasteiger charge is -2.20. The van der Waals surface area contributed by atoms with Crippen LogP contribution in [-0.2, 0) is 9.84 Å². The number of halogens is 1. The minimum atomic E-state index is -2.78. The number of aromatic amines is 1. The first-order valence-corrected chi connectivity index (χ1v) is 6.67. The topological polar surface area (TPSA) is 62.8 Å². The van der Waals surface area contributed by atoms with Crippen LogP contribution in [0, 0.1) is 0 Å². The van der Waals surface area contributed by atoms with E-state index in [9.17, 15) is 8.42 Å². The number of hydrogen-bond acceptors (Lipinski definition) is 3. The van der Waals surface area contributed by atoms with Crippen molar-refractivity contribution in [2.24, 2.45) is 0 Å². The van der Waals surface area contributed by atoms with E-state index in [0.717, 1.165) is 5.69 Å². The smallest absolute Gasteiger partial charge is 0.200 e. The van der Waals surface area contributed by atoms with Gasteiger partial charge in [0.05, 0.1) is 11.5 Å². The highest BCUT2D eigenvalue weighted by Crippen LogP contribution is 2.28. The lowest BCUT2D eigenvalue weighted by molar-refractivity contribution is 0.545. The molecular weight excluding hydrogens is 224 g/mol. The van der Waals surface area contributed by atoms with Gasteiger partial charge in [0.25, 0.3) is 0 Å². The second kappa shape index (κ2) is 3.55. The van der Waals surface area contributed by atoms with Gasteiger partial charge in [0.2, 0.25) is 0 Å². The molecule has 4 nitrogen and oxygen atoms in total. The number of aromatic nitrogens is 2. The van der Waals surface area contributed by atoms with Gasteiger partial charge >= 0.3 is 0 Å². The van der Waals surface area contributed by atoms with Crippen molar-refractivity contribution in [2.75, 3.05) is 11.5 Å². The van der Waals surface area contributed by atoms with E-state index in [1.165, 1.54) is 0 Å². The second-order valence-corrected chi connectivity index (χ2v) is 6.22. The summed E-state index contributed by atoms with van der Waals surface area (Å²) in [7, 11) is -2.78. The molecule has 0 radical (unpaired) electrons. The third-order valence-electron chi connectivity index (χ3n) is 2.56. The highest BCUT2D eigenvalue weighted by Gasteiger charge is 2.25. The Labute approximate surface area is 87.6 Å². The molecule has 0 amide bonds. The molecule has 1 aromatic rings. The fraction of sp³-hybridized carbons (Fsp3) is 0.625. The SMILES string of the molecule is O=S1(=O)CCC(c2cnc(Cl)[nH]2)CC1. The van der Waals surface area contributed by atoms with Crippen molar-refractivity contribution in [1.29, 1.82) is 0 Å². The molecule has 1 fully saturated rings. The molecule has 0 aromatic carbocycles. The van der Waals surface area contributed by atoms with Crippen molar-refractivity contribution in [3.63, 3.8) is 0 Å². The largest absolute Gasteiger partial charge is 0.332 e. The van der Waals surface area contributed by atoms with E-state index in [1.54, 1.807) is 6.20 Å².